The molecule has 21 heavy (non-hydrogen) atoms. The van der Waals surface area contributed by atoms with Gasteiger partial charge in [0, 0.05) is 36.8 Å². The van der Waals surface area contributed by atoms with Gasteiger partial charge in [0.15, 0.2) is 5.82 Å². The summed E-state index contributed by atoms with van der Waals surface area (Å²) in [4.78, 5) is 6.94. The first-order chi connectivity index (χ1) is 10.3. The molecule has 0 unspecified atom stereocenters. The number of anilines is 1. The first-order valence-corrected chi connectivity index (χ1v) is 8.28. The minimum absolute atomic E-state index is 0.327. The summed E-state index contributed by atoms with van der Waals surface area (Å²) in [6.07, 6.45) is 4.47. The average Bonchev–Trinajstić information content (AvgIpc) is 3.05. The van der Waals surface area contributed by atoms with E-state index in [0.717, 1.165) is 42.2 Å². The molecule has 0 radical (unpaired) electrons. The van der Waals surface area contributed by atoms with E-state index in [1.54, 1.807) is 0 Å². The third-order valence-corrected chi connectivity index (χ3v) is 5.18. The molecule has 1 heterocycles. The molecule has 1 N–H and O–H groups in total. The summed E-state index contributed by atoms with van der Waals surface area (Å²) in [5, 5.41) is 10.2. The van der Waals surface area contributed by atoms with Crippen LogP contribution in [0.5, 0.6) is 0 Å². The van der Waals surface area contributed by atoms with E-state index < -0.39 is 0 Å². The molecule has 1 saturated carbocycles. The minimum atomic E-state index is 0.327. The molecule has 2 aromatic rings. The Morgan fingerprint density at radius 3 is 2.57 bits per heavy atom. The lowest BCUT2D eigenvalue weighted by Gasteiger charge is -2.33. The third-order valence-electron chi connectivity index (χ3n) is 4.37. The summed E-state index contributed by atoms with van der Waals surface area (Å²) in [5.74, 6) is 1.30. The molecular weight excluding hydrogens is 282 g/mol. The van der Waals surface area contributed by atoms with Gasteiger partial charge >= 0.3 is 0 Å². The van der Waals surface area contributed by atoms with Gasteiger partial charge in [-0.25, -0.2) is 0 Å². The lowest BCUT2D eigenvalue weighted by Crippen LogP contribution is -2.35. The number of rotatable bonds is 4. The SMILES string of the molecule is CN(c1nc(-c2ccccc2)ns1)C1CCC(CO)CC1. The van der Waals surface area contributed by atoms with Crippen molar-refractivity contribution >= 4 is 16.7 Å². The van der Waals surface area contributed by atoms with E-state index in [2.05, 4.69) is 21.3 Å². The van der Waals surface area contributed by atoms with Crippen molar-refractivity contribution in [3.63, 3.8) is 0 Å². The van der Waals surface area contributed by atoms with E-state index in [4.69, 9.17) is 0 Å². The number of hydrogen-bond acceptors (Lipinski definition) is 5. The maximum atomic E-state index is 9.23. The van der Waals surface area contributed by atoms with Gasteiger partial charge in [-0.2, -0.15) is 9.36 Å². The van der Waals surface area contributed by atoms with Crippen LogP contribution in [0.15, 0.2) is 30.3 Å². The fraction of sp³-hybridized carbons (Fsp3) is 0.500. The fourth-order valence-electron chi connectivity index (χ4n) is 2.93. The molecule has 5 heteroatoms. The Bertz CT molecular complexity index is 564. The van der Waals surface area contributed by atoms with E-state index in [1.807, 2.05) is 30.3 Å². The molecular formula is C16H21N3OS. The van der Waals surface area contributed by atoms with E-state index in [1.165, 1.54) is 11.5 Å². The first-order valence-electron chi connectivity index (χ1n) is 7.50. The second-order valence-corrected chi connectivity index (χ2v) is 6.46. The average molecular weight is 303 g/mol. The standard InChI is InChI=1S/C16H21N3OS/c1-19(14-9-7-12(11-20)8-10-14)16-17-15(18-21-16)13-5-3-2-4-6-13/h2-6,12,14,20H,7-11H2,1H3. The molecule has 0 amide bonds. The third kappa shape index (κ3) is 3.24. The van der Waals surface area contributed by atoms with Gasteiger partial charge < -0.3 is 10.0 Å². The molecule has 3 rings (SSSR count). The topological polar surface area (TPSA) is 49.2 Å². The highest BCUT2D eigenvalue weighted by molar-refractivity contribution is 7.09. The normalized spacial score (nSPS) is 22.2. The van der Waals surface area contributed by atoms with Crippen molar-refractivity contribution < 1.29 is 5.11 Å². The van der Waals surface area contributed by atoms with Crippen LogP contribution < -0.4 is 4.90 Å². The summed E-state index contributed by atoms with van der Waals surface area (Å²) in [7, 11) is 2.11. The summed E-state index contributed by atoms with van der Waals surface area (Å²) in [5.41, 5.74) is 1.07. The van der Waals surface area contributed by atoms with Gasteiger partial charge in [0.1, 0.15) is 0 Å². The number of aliphatic hydroxyl groups is 1. The van der Waals surface area contributed by atoms with Crippen molar-refractivity contribution in [2.75, 3.05) is 18.6 Å². The zero-order valence-electron chi connectivity index (χ0n) is 12.3. The van der Waals surface area contributed by atoms with E-state index in [0.29, 0.717) is 18.6 Å². The summed E-state index contributed by atoms with van der Waals surface area (Å²) >= 11 is 1.47. The summed E-state index contributed by atoms with van der Waals surface area (Å²) < 4.78 is 4.48. The predicted octanol–water partition coefficient (Wildman–Crippen LogP) is 3.19. The van der Waals surface area contributed by atoms with Gasteiger partial charge in [0.05, 0.1) is 0 Å². The molecule has 1 aromatic heterocycles. The van der Waals surface area contributed by atoms with Gasteiger partial charge in [0.25, 0.3) is 0 Å². The largest absolute Gasteiger partial charge is 0.396 e. The van der Waals surface area contributed by atoms with Crippen LogP contribution in [0.1, 0.15) is 25.7 Å². The number of aromatic nitrogens is 2. The molecule has 1 aromatic carbocycles. The first kappa shape index (κ1) is 14.5. The van der Waals surface area contributed by atoms with Crippen molar-refractivity contribution in [1.29, 1.82) is 0 Å². The number of benzene rings is 1. The lowest BCUT2D eigenvalue weighted by molar-refractivity contribution is 0.182. The number of nitrogens with zero attached hydrogens (tertiary/aromatic N) is 3. The van der Waals surface area contributed by atoms with Crippen LogP contribution in [0.25, 0.3) is 11.4 Å². The van der Waals surface area contributed by atoms with Crippen LogP contribution in [0.2, 0.25) is 0 Å². The molecule has 4 nitrogen and oxygen atoms in total. The predicted molar refractivity (Wildman–Crippen MR) is 86.6 cm³/mol. The molecule has 1 aliphatic carbocycles. The Morgan fingerprint density at radius 2 is 1.90 bits per heavy atom. The lowest BCUT2D eigenvalue weighted by atomic mass is 9.86. The quantitative estimate of drug-likeness (QED) is 0.942. The van der Waals surface area contributed by atoms with Crippen molar-refractivity contribution in [2.45, 2.75) is 31.7 Å². The molecule has 1 fully saturated rings. The molecule has 0 spiro atoms. The highest BCUT2D eigenvalue weighted by Crippen LogP contribution is 2.31. The van der Waals surface area contributed by atoms with E-state index in [-0.39, 0.29) is 0 Å². The van der Waals surface area contributed by atoms with Crippen LogP contribution in [0.4, 0.5) is 5.13 Å². The van der Waals surface area contributed by atoms with Crippen LogP contribution in [-0.4, -0.2) is 34.2 Å². The van der Waals surface area contributed by atoms with Crippen LogP contribution in [-0.2, 0) is 0 Å². The van der Waals surface area contributed by atoms with Gasteiger partial charge in [-0.15, -0.1) is 0 Å². The Kier molecular flexibility index (Phi) is 4.51. The fourth-order valence-corrected chi connectivity index (χ4v) is 3.65. The van der Waals surface area contributed by atoms with Gasteiger partial charge in [-0.1, -0.05) is 30.3 Å². The van der Waals surface area contributed by atoms with Crippen LogP contribution in [0, 0.1) is 5.92 Å². The van der Waals surface area contributed by atoms with Crippen molar-refractivity contribution in [3.05, 3.63) is 30.3 Å². The molecule has 0 aliphatic heterocycles. The number of hydrogen-bond donors (Lipinski definition) is 1. The molecule has 0 atom stereocenters. The summed E-state index contributed by atoms with van der Waals surface area (Å²) in [6, 6.07) is 10.6. The van der Waals surface area contributed by atoms with Crippen LogP contribution >= 0.6 is 11.5 Å². The Morgan fingerprint density at radius 1 is 1.19 bits per heavy atom. The zero-order chi connectivity index (χ0) is 14.7. The van der Waals surface area contributed by atoms with E-state index in [9.17, 15) is 5.11 Å². The van der Waals surface area contributed by atoms with Crippen molar-refractivity contribution in [2.24, 2.45) is 5.92 Å². The second-order valence-electron chi connectivity index (χ2n) is 5.73. The van der Waals surface area contributed by atoms with Crippen molar-refractivity contribution in [3.8, 4) is 11.4 Å². The summed E-state index contributed by atoms with van der Waals surface area (Å²) in [6.45, 7) is 0.327. The van der Waals surface area contributed by atoms with Gasteiger partial charge in [0.2, 0.25) is 5.13 Å². The maximum Gasteiger partial charge on any atom is 0.205 e. The molecule has 0 bridgehead atoms. The van der Waals surface area contributed by atoms with Gasteiger partial charge in [-0.3, -0.25) is 0 Å². The zero-order valence-corrected chi connectivity index (χ0v) is 13.1. The number of aliphatic hydroxyl groups excluding tert-OH is 1. The highest BCUT2D eigenvalue weighted by Gasteiger charge is 2.25. The molecule has 112 valence electrons. The van der Waals surface area contributed by atoms with Crippen LogP contribution in [0.3, 0.4) is 0 Å². The second kappa shape index (κ2) is 6.54. The van der Waals surface area contributed by atoms with Gasteiger partial charge in [-0.05, 0) is 31.6 Å². The molecule has 1 aliphatic rings. The minimum Gasteiger partial charge on any atom is -0.396 e. The Labute approximate surface area is 129 Å². The Balaban J connectivity index is 1.69. The van der Waals surface area contributed by atoms with Crippen molar-refractivity contribution in [1.82, 2.24) is 9.36 Å². The van der Waals surface area contributed by atoms with E-state index >= 15 is 0 Å². The molecule has 0 saturated heterocycles. The highest BCUT2D eigenvalue weighted by atomic mass is 32.1. The smallest absolute Gasteiger partial charge is 0.205 e. The maximum absolute atomic E-state index is 9.23. The monoisotopic (exact) mass is 303 g/mol. The Hall–Kier alpha value is -1.46.